The molecule has 2 heteroatoms. The van der Waals surface area contributed by atoms with Gasteiger partial charge >= 0.3 is 0 Å². The maximum absolute atomic E-state index is 4.38. The first-order valence-electron chi connectivity index (χ1n) is 4.75. The average molecular weight is 176 g/mol. The molecule has 0 unspecified atom stereocenters. The van der Waals surface area contributed by atoms with Gasteiger partial charge in [-0.3, -0.25) is 9.88 Å². The third kappa shape index (κ3) is 1.59. The van der Waals surface area contributed by atoms with Gasteiger partial charge in [0.05, 0.1) is 5.69 Å². The molecule has 0 aliphatic carbocycles. The molecule has 1 aliphatic heterocycles. The second kappa shape index (κ2) is 2.81. The minimum atomic E-state index is 0.251. The van der Waals surface area contributed by atoms with Gasteiger partial charge in [-0.25, -0.2) is 0 Å². The predicted molar refractivity (Wildman–Crippen MR) is 53.2 cm³/mol. The van der Waals surface area contributed by atoms with Crippen molar-refractivity contribution >= 4 is 0 Å². The molecule has 13 heavy (non-hydrogen) atoms. The van der Waals surface area contributed by atoms with Gasteiger partial charge in [0.2, 0.25) is 0 Å². The molecule has 0 saturated heterocycles. The first kappa shape index (κ1) is 8.70. The summed E-state index contributed by atoms with van der Waals surface area (Å²) in [5.41, 5.74) is 2.88. The zero-order valence-electron chi connectivity index (χ0n) is 8.54. The monoisotopic (exact) mass is 176 g/mol. The van der Waals surface area contributed by atoms with Crippen LogP contribution in [0.15, 0.2) is 18.3 Å². The van der Waals surface area contributed by atoms with Crippen molar-refractivity contribution in [3.63, 3.8) is 0 Å². The molecule has 0 amide bonds. The van der Waals surface area contributed by atoms with E-state index in [1.165, 1.54) is 11.3 Å². The van der Waals surface area contributed by atoms with Crippen molar-refractivity contribution in [1.82, 2.24) is 9.88 Å². The van der Waals surface area contributed by atoms with E-state index in [4.69, 9.17) is 0 Å². The first-order valence-corrected chi connectivity index (χ1v) is 4.75. The van der Waals surface area contributed by atoms with Crippen LogP contribution in [0.1, 0.15) is 32.0 Å². The standard InChI is InChI=1S/C11H16N2/c1-11(2,3)13-7-9-5-4-6-12-10(9)8-13/h4-6H,7-8H2,1-3H3. The van der Waals surface area contributed by atoms with Gasteiger partial charge in [-0.2, -0.15) is 0 Å². The van der Waals surface area contributed by atoms with E-state index < -0.39 is 0 Å². The molecule has 0 aromatic carbocycles. The van der Waals surface area contributed by atoms with Gasteiger partial charge in [0, 0.05) is 24.8 Å². The summed E-state index contributed by atoms with van der Waals surface area (Å²) in [6, 6.07) is 4.19. The van der Waals surface area contributed by atoms with Gasteiger partial charge in [0.1, 0.15) is 0 Å². The van der Waals surface area contributed by atoms with Crippen molar-refractivity contribution < 1.29 is 0 Å². The second-order valence-corrected chi connectivity index (χ2v) is 4.64. The van der Waals surface area contributed by atoms with Crippen LogP contribution in [-0.4, -0.2) is 15.4 Å². The highest BCUT2D eigenvalue weighted by atomic mass is 15.2. The normalized spacial score (nSPS) is 17.5. The van der Waals surface area contributed by atoms with Crippen LogP contribution in [-0.2, 0) is 13.1 Å². The molecule has 0 radical (unpaired) electrons. The fraction of sp³-hybridized carbons (Fsp3) is 0.545. The van der Waals surface area contributed by atoms with Gasteiger partial charge in [-0.15, -0.1) is 0 Å². The van der Waals surface area contributed by atoms with Crippen LogP contribution in [0, 0.1) is 0 Å². The summed E-state index contributed by atoms with van der Waals surface area (Å²) in [7, 11) is 0. The van der Waals surface area contributed by atoms with Crippen molar-refractivity contribution in [2.24, 2.45) is 0 Å². The van der Waals surface area contributed by atoms with E-state index in [0.29, 0.717) is 0 Å². The lowest BCUT2D eigenvalue weighted by atomic mass is 10.1. The Morgan fingerprint density at radius 3 is 2.69 bits per heavy atom. The van der Waals surface area contributed by atoms with Crippen LogP contribution >= 0.6 is 0 Å². The van der Waals surface area contributed by atoms with Crippen molar-refractivity contribution in [3.8, 4) is 0 Å². The van der Waals surface area contributed by atoms with Crippen molar-refractivity contribution in [2.75, 3.05) is 0 Å². The van der Waals surface area contributed by atoms with Crippen LogP contribution < -0.4 is 0 Å². The Labute approximate surface area is 79.6 Å². The Morgan fingerprint density at radius 2 is 2.08 bits per heavy atom. The smallest absolute Gasteiger partial charge is 0.0589 e. The van der Waals surface area contributed by atoms with Crippen molar-refractivity contribution in [2.45, 2.75) is 39.4 Å². The number of hydrogen-bond acceptors (Lipinski definition) is 2. The molecule has 0 fully saturated rings. The SMILES string of the molecule is CC(C)(C)N1Cc2cccnc2C1. The topological polar surface area (TPSA) is 16.1 Å². The molecule has 1 aromatic heterocycles. The minimum absolute atomic E-state index is 0.251. The Kier molecular flexibility index (Phi) is 1.88. The highest BCUT2D eigenvalue weighted by Gasteiger charge is 2.28. The number of fused-ring (bicyclic) bond motifs is 1. The van der Waals surface area contributed by atoms with Gasteiger partial charge < -0.3 is 0 Å². The van der Waals surface area contributed by atoms with Gasteiger partial charge in [0.25, 0.3) is 0 Å². The molecular formula is C11H16N2. The van der Waals surface area contributed by atoms with E-state index in [2.05, 4.69) is 36.7 Å². The summed E-state index contributed by atoms with van der Waals surface area (Å²) in [6.45, 7) is 8.79. The third-order valence-corrected chi connectivity index (χ3v) is 2.64. The van der Waals surface area contributed by atoms with E-state index in [1.807, 2.05) is 12.3 Å². The lowest BCUT2D eigenvalue weighted by molar-refractivity contribution is 0.135. The number of aromatic nitrogens is 1. The zero-order chi connectivity index (χ0) is 9.47. The largest absolute Gasteiger partial charge is 0.288 e. The van der Waals surface area contributed by atoms with Crippen LogP contribution in [0.2, 0.25) is 0 Å². The summed E-state index contributed by atoms with van der Waals surface area (Å²) in [5, 5.41) is 0. The summed E-state index contributed by atoms with van der Waals surface area (Å²) in [5.74, 6) is 0. The van der Waals surface area contributed by atoms with Gasteiger partial charge in [0.15, 0.2) is 0 Å². The fourth-order valence-corrected chi connectivity index (χ4v) is 1.67. The molecule has 0 saturated carbocycles. The molecule has 70 valence electrons. The fourth-order valence-electron chi connectivity index (χ4n) is 1.67. The van der Waals surface area contributed by atoms with Crippen LogP contribution in [0.5, 0.6) is 0 Å². The molecular weight excluding hydrogens is 160 g/mol. The average Bonchev–Trinajstić information content (AvgIpc) is 2.45. The van der Waals surface area contributed by atoms with Crippen LogP contribution in [0.3, 0.4) is 0 Å². The highest BCUT2D eigenvalue weighted by Crippen LogP contribution is 2.27. The van der Waals surface area contributed by atoms with E-state index in [9.17, 15) is 0 Å². The summed E-state index contributed by atoms with van der Waals surface area (Å²) in [6.07, 6.45) is 1.88. The van der Waals surface area contributed by atoms with E-state index in [1.54, 1.807) is 0 Å². The van der Waals surface area contributed by atoms with Crippen molar-refractivity contribution in [3.05, 3.63) is 29.6 Å². The zero-order valence-corrected chi connectivity index (χ0v) is 8.54. The number of hydrogen-bond donors (Lipinski definition) is 0. The summed E-state index contributed by atoms with van der Waals surface area (Å²) < 4.78 is 0. The molecule has 1 aliphatic rings. The summed E-state index contributed by atoms with van der Waals surface area (Å²) >= 11 is 0. The van der Waals surface area contributed by atoms with Gasteiger partial charge in [-0.05, 0) is 32.4 Å². The molecule has 0 N–H and O–H groups in total. The maximum atomic E-state index is 4.38. The van der Waals surface area contributed by atoms with E-state index in [0.717, 1.165) is 13.1 Å². The molecule has 0 bridgehead atoms. The number of rotatable bonds is 0. The Balaban J connectivity index is 2.23. The maximum Gasteiger partial charge on any atom is 0.0589 e. The predicted octanol–water partition coefficient (Wildman–Crippen LogP) is 2.20. The molecule has 0 spiro atoms. The number of pyridine rings is 1. The highest BCUT2D eigenvalue weighted by molar-refractivity contribution is 5.24. The van der Waals surface area contributed by atoms with Crippen molar-refractivity contribution in [1.29, 1.82) is 0 Å². The number of nitrogens with zero attached hydrogens (tertiary/aromatic N) is 2. The van der Waals surface area contributed by atoms with E-state index >= 15 is 0 Å². The molecule has 1 aromatic rings. The van der Waals surface area contributed by atoms with Gasteiger partial charge in [-0.1, -0.05) is 6.07 Å². The third-order valence-electron chi connectivity index (χ3n) is 2.64. The van der Waals surface area contributed by atoms with E-state index in [-0.39, 0.29) is 5.54 Å². The van der Waals surface area contributed by atoms with Crippen LogP contribution in [0.4, 0.5) is 0 Å². The first-order chi connectivity index (χ1) is 6.07. The Hall–Kier alpha value is -0.890. The lowest BCUT2D eigenvalue weighted by Crippen LogP contribution is -2.36. The molecule has 2 nitrogen and oxygen atoms in total. The lowest BCUT2D eigenvalue weighted by Gasteiger charge is -2.30. The second-order valence-electron chi connectivity index (χ2n) is 4.64. The quantitative estimate of drug-likeness (QED) is 0.602. The minimum Gasteiger partial charge on any atom is -0.288 e. The van der Waals surface area contributed by atoms with Crippen LogP contribution in [0.25, 0.3) is 0 Å². The molecule has 2 rings (SSSR count). The Bertz CT molecular complexity index is 287. The summed E-state index contributed by atoms with van der Waals surface area (Å²) in [4.78, 5) is 6.83. The molecule has 0 atom stereocenters. The Morgan fingerprint density at radius 1 is 1.31 bits per heavy atom. The molecule has 2 heterocycles.